The van der Waals surface area contributed by atoms with Gasteiger partial charge < -0.3 is 0 Å². The van der Waals surface area contributed by atoms with Gasteiger partial charge in [0.05, 0.1) is 0 Å². The smallest absolute Gasteiger partial charge is 0.218 e. The molecule has 3 nitrogen and oxygen atoms in total. The molecule has 1 aromatic rings. The third-order valence-electron chi connectivity index (χ3n) is 1.46. The minimum atomic E-state index is -3.51. The number of hydrogen-bond donors (Lipinski definition) is 0. The molecule has 0 aliphatic heterocycles. The Morgan fingerprint density at radius 2 is 1.67 bits per heavy atom. The Hall–Kier alpha value is -0.870. The fourth-order valence-electron chi connectivity index (χ4n) is 0.857. The standard InChI is InChI=1S/C8H9O3S/c1-12(10,11)8(9)7-5-3-2-4-6-7/h2-6,8H,1H3. The quantitative estimate of drug-likeness (QED) is 0.694. The summed E-state index contributed by atoms with van der Waals surface area (Å²) >= 11 is 0. The number of hydrogen-bond acceptors (Lipinski definition) is 2. The van der Waals surface area contributed by atoms with Crippen LogP contribution in [0.3, 0.4) is 0 Å². The molecular formula is C8H9O3S. The second-order valence-corrected chi connectivity index (χ2v) is 4.66. The van der Waals surface area contributed by atoms with Crippen LogP contribution >= 0.6 is 0 Å². The zero-order valence-electron chi connectivity index (χ0n) is 6.60. The van der Waals surface area contributed by atoms with Crippen molar-refractivity contribution in [2.75, 3.05) is 6.26 Å². The first-order valence-corrected chi connectivity index (χ1v) is 5.37. The second kappa shape index (κ2) is 3.25. The van der Waals surface area contributed by atoms with Gasteiger partial charge in [0.25, 0.3) is 0 Å². The normalized spacial score (nSPS) is 14.2. The lowest BCUT2D eigenvalue weighted by atomic mass is 10.2. The number of benzene rings is 1. The maximum atomic E-state index is 11.2. The Morgan fingerprint density at radius 3 is 2.08 bits per heavy atom. The van der Waals surface area contributed by atoms with Crippen LogP contribution in [0.1, 0.15) is 11.0 Å². The summed E-state index contributed by atoms with van der Waals surface area (Å²) in [6.45, 7) is 0. The van der Waals surface area contributed by atoms with Crippen molar-refractivity contribution >= 4 is 9.84 Å². The molecule has 12 heavy (non-hydrogen) atoms. The Bertz CT molecular complexity index is 342. The molecule has 0 bridgehead atoms. The van der Waals surface area contributed by atoms with Gasteiger partial charge in [-0.05, 0) is 5.56 Å². The van der Waals surface area contributed by atoms with Gasteiger partial charge in [0.2, 0.25) is 5.44 Å². The summed E-state index contributed by atoms with van der Waals surface area (Å²) in [5.41, 5.74) is -1.36. The Labute approximate surface area is 71.6 Å². The minimum Gasteiger partial charge on any atom is -0.226 e. The topological polar surface area (TPSA) is 54.0 Å². The summed E-state index contributed by atoms with van der Waals surface area (Å²) in [6.07, 6.45) is 0.942. The molecule has 0 aromatic heterocycles. The third kappa shape index (κ3) is 2.06. The van der Waals surface area contributed by atoms with Crippen molar-refractivity contribution < 1.29 is 13.5 Å². The van der Waals surface area contributed by atoms with E-state index in [-0.39, 0.29) is 0 Å². The van der Waals surface area contributed by atoms with E-state index in [4.69, 9.17) is 0 Å². The van der Waals surface area contributed by atoms with Crippen molar-refractivity contribution in [3.05, 3.63) is 35.9 Å². The SMILES string of the molecule is CS(=O)(=O)C([O])c1ccccc1. The average Bonchev–Trinajstić information content (AvgIpc) is 2.03. The largest absolute Gasteiger partial charge is 0.226 e. The summed E-state index contributed by atoms with van der Waals surface area (Å²) in [4.78, 5) is 0. The molecule has 0 N–H and O–H groups in total. The van der Waals surface area contributed by atoms with Gasteiger partial charge in [-0.25, -0.2) is 13.5 Å². The van der Waals surface area contributed by atoms with Crippen molar-refractivity contribution in [1.82, 2.24) is 0 Å². The lowest BCUT2D eigenvalue weighted by molar-refractivity contribution is 0.157. The molecule has 4 heteroatoms. The van der Waals surface area contributed by atoms with E-state index in [2.05, 4.69) is 0 Å². The molecule has 65 valence electrons. The highest BCUT2D eigenvalue weighted by Gasteiger charge is 2.20. The first kappa shape index (κ1) is 9.22. The highest BCUT2D eigenvalue weighted by atomic mass is 32.2. The predicted octanol–water partition coefficient (Wildman–Crippen LogP) is 1.16. The second-order valence-electron chi connectivity index (χ2n) is 2.57. The first-order valence-electron chi connectivity index (χ1n) is 3.41. The summed E-state index contributed by atoms with van der Waals surface area (Å²) in [5, 5.41) is 11.2. The van der Waals surface area contributed by atoms with Crippen LogP contribution in [0, 0.1) is 0 Å². The summed E-state index contributed by atoms with van der Waals surface area (Å²) < 4.78 is 21.6. The van der Waals surface area contributed by atoms with E-state index >= 15 is 0 Å². The van der Waals surface area contributed by atoms with Gasteiger partial charge in [-0.2, -0.15) is 0 Å². The van der Waals surface area contributed by atoms with Crippen molar-refractivity contribution in [2.24, 2.45) is 0 Å². The molecule has 1 aromatic carbocycles. The van der Waals surface area contributed by atoms with Crippen LogP contribution in [0.15, 0.2) is 30.3 Å². The third-order valence-corrected chi connectivity index (χ3v) is 2.51. The molecule has 0 aliphatic rings. The number of sulfone groups is 1. The van der Waals surface area contributed by atoms with E-state index < -0.39 is 15.3 Å². The van der Waals surface area contributed by atoms with Gasteiger partial charge in [0.15, 0.2) is 9.84 Å². The molecular weight excluding hydrogens is 176 g/mol. The molecule has 0 saturated heterocycles. The summed E-state index contributed by atoms with van der Waals surface area (Å²) in [6, 6.07) is 8.05. The molecule has 0 heterocycles. The van der Waals surface area contributed by atoms with Crippen LogP contribution in [-0.2, 0) is 14.9 Å². The predicted molar refractivity (Wildman–Crippen MR) is 44.7 cm³/mol. The molecule has 1 unspecified atom stereocenters. The first-order chi connectivity index (χ1) is 5.52. The maximum absolute atomic E-state index is 11.2. The van der Waals surface area contributed by atoms with Crippen molar-refractivity contribution in [2.45, 2.75) is 5.44 Å². The van der Waals surface area contributed by atoms with Gasteiger partial charge in [-0.3, -0.25) is 0 Å². The Morgan fingerprint density at radius 1 is 1.17 bits per heavy atom. The van der Waals surface area contributed by atoms with Crippen LogP contribution < -0.4 is 0 Å². The number of rotatable bonds is 2. The monoisotopic (exact) mass is 185 g/mol. The lowest BCUT2D eigenvalue weighted by Gasteiger charge is -2.04. The Balaban J connectivity index is 3.02. The summed E-state index contributed by atoms with van der Waals surface area (Å²) in [5.74, 6) is 0. The average molecular weight is 185 g/mol. The van der Waals surface area contributed by atoms with Crippen molar-refractivity contribution in [1.29, 1.82) is 0 Å². The molecule has 0 fully saturated rings. The fourth-order valence-corrected chi connectivity index (χ4v) is 1.51. The van der Waals surface area contributed by atoms with Gasteiger partial charge >= 0.3 is 0 Å². The minimum absolute atomic E-state index is 0.292. The molecule has 1 rings (SSSR count). The van der Waals surface area contributed by atoms with Crippen LogP contribution in [0.25, 0.3) is 0 Å². The molecule has 0 amide bonds. The van der Waals surface area contributed by atoms with Crippen molar-refractivity contribution in [3.63, 3.8) is 0 Å². The summed E-state index contributed by atoms with van der Waals surface area (Å²) in [7, 11) is -3.51. The van der Waals surface area contributed by atoms with Gasteiger partial charge in [-0.1, -0.05) is 30.3 Å². The molecule has 0 spiro atoms. The van der Waals surface area contributed by atoms with Crippen molar-refractivity contribution in [3.8, 4) is 0 Å². The van der Waals surface area contributed by atoms with Crippen LogP contribution in [-0.4, -0.2) is 14.7 Å². The van der Waals surface area contributed by atoms with E-state index in [1.807, 2.05) is 0 Å². The van der Waals surface area contributed by atoms with Gasteiger partial charge in [0.1, 0.15) is 0 Å². The van der Waals surface area contributed by atoms with Crippen LogP contribution in [0.2, 0.25) is 0 Å². The van der Waals surface area contributed by atoms with E-state index in [1.54, 1.807) is 18.2 Å². The zero-order valence-corrected chi connectivity index (χ0v) is 7.41. The molecule has 1 radical (unpaired) electrons. The molecule has 0 saturated carbocycles. The fraction of sp³-hybridized carbons (Fsp3) is 0.250. The van der Waals surface area contributed by atoms with E-state index in [0.717, 1.165) is 6.26 Å². The van der Waals surface area contributed by atoms with E-state index in [9.17, 15) is 13.5 Å². The molecule has 1 atom stereocenters. The lowest BCUT2D eigenvalue weighted by Crippen LogP contribution is -2.08. The maximum Gasteiger partial charge on any atom is 0.218 e. The van der Waals surface area contributed by atoms with E-state index in [0.29, 0.717) is 5.56 Å². The molecule has 0 aliphatic carbocycles. The Kier molecular flexibility index (Phi) is 2.49. The van der Waals surface area contributed by atoms with E-state index in [1.165, 1.54) is 12.1 Å². The highest BCUT2D eigenvalue weighted by molar-refractivity contribution is 7.90. The van der Waals surface area contributed by atoms with Crippen LogP contribution in [0.4, 0.5) is 0 Å². The van der Waals surface area contributed by atoms with Gasteiger partial charge in [0, 0.05) is 6.26 Å². The zero-order chi connectivity index (χ0) is 9.19. The van der Waals surface area contributed by atoms with Gasteiger partial charge in [-0.15, -0.1) is 0 Å². The van der Waals surface area contributed by atoms with Crippen LogP contribution in [0.5, 0.6) is 0 Å². The highest BCUT2D eigenvalue weighted by Crippen LogP contribution is 2.17.